The molecule has 0 aromatic heterocycles. The van der Waals surface area contributed by atoms with Gasteiger partial charge in [0.15, 0.2) is 0 Å². The van der Waals surface area contributed by atoms with Crippen molar-refractivity contribution in [2.45, 2.75) is 4.90 Å². The molecule has 0 fully saturated rings. The molecular weight excluding hydrogens is 359 g/mol. The van der Waals surface area contributed by atoms with Crippen LogP contribution in [0.1, 0.15) is 5.56 Å². The Labute approximate surface area is 158 Å². The molecule has 3 rings (SSSR count). The molecule has 0 radical (unpaired) electrons. The van der Waals surface area contributed by atoms with Crippen molar-refractivity contribution in [2.24, 2.45) is 0 Å². The Morgan fingerprint density at radius 2 is 1.96 bits per heavy atom. The maximum absolute atomic E-state index is 6.33. The molecule has 0 saturated carbocycles. The van der Waals surface area contributed by atoms with Crippen molar-refractivity contribution < 1.29 is 0 Å². The van der Waals surface area contributed by atoms with E-state index in [0.717, 1.165) is 25.2 Å². The summed E-state index contributed by atoms with van der Waals surface area (Å²) >= 11 is 14.1. The number of halogens is 2. The first kappa shape index (κ1) is 17.7. The highest BCUT2D eigenvalue weighted by Crippen LogP contribution is 2.41. The van der Waals surface area contributed by atoms with Gasteiger partial charge >= 0.3 is 0 Å². The molecule has 0 bridgehead atoms. The van der Waals surface area contributed by atoms with Crippen LogP contribution in [0.3, 0.4) is 0 Å². The molecule has 126 valence electrons. The Morgan fingerprint density at radius 3 is 2.71 bits per heavy atom. The molecular formula is C19H20Cl2N2S. The molecule has 1 heterocycles. The number of benzene rings is 2. The van der Waals surface area contributed by atoms with Crippen molar-refractivity contribution in [2.75, 3.05) is 38.6 Å². The summed E-state index contributed by atoms with van der Waals surface area (Å²) in [5.41, 5.74) is 2.32. The number of hydrogen-bond acceptors (Lipinski definition) is 3. The monoisotopic (exact) mass is 378 g/mol. The number of nitrogens with zero attached hydrogens (tertiary/aromatic N) is 2. The minimum absolute atomic E-state index is 0.663. The molecule has 5 heteroatoms. The first-order valence-electron chi connectivity index (χ1n) is 7.85. The molecule has 2 aromatic carbocycles. The Kier molecular flexibility index (Phi) is 5.77. The van der Waals surface area contributed by atoms with Crippen LogP contribution < -0.4 is 4.90 Å². The van der Waals surface area contributed by atoms with Gasteiger partial charge in [-0.05, 0) is 50.0 Å². The number of rotatable bonds is 4. The maximum atomic E-state index is 6.33. The van der Waals surface area contributed by atoms with Gasteiger partial charge in [-0.2, -0.15) is 0 Å². The van der Waals surface area contributed by atoms with E-state index in [1.807, 2.05) is 23.9 Å². The average molecular weight is 379 g/mol. The largest absolute Gasteiger partial charge is 0.364 e. The fraction of sp³-hybridized carbons (Fsp3) is 0.263. The number of likely N-dealkylation sites (N-methyl/N-ethyl adjacent to an activating group) is 1. The van der Waals surface area contributed by atoms with Crippen molar-refractivity contribution >= 4 is 46.7 Å². The van der Waals surface area contributed by atoms with E-state index in [4.69, 9.17) is 23.2 Å². The molecule has 0 unspecified atom stereocenters. The Hall–Kier alpha value is -1.13. The summed E-state index contributed by atoms with van der Waals surface area (Å²) in [6.45, 7) is 2.92. The van der Waals surface area contributed by atoms with E-state index in [1.54, 1.807) is 6.07 Å². The van der Waals surface area contributed by atoms with Crippen molar-refractivity contribution in [1.29, 1.82) is 0 Å². The third-order valence-electron chi connectivity index (χ3n) is 3.89. The Balaban J connectivity index is 1.89. The molecule has 1 aliphatic rings. The lowest BCUT2D eigenvalue weighted by atomic mass is 10.2. The summed E-state index contributed by atoms with van der Waals surface area (Å²) in [6.07, 6.45) is 2.17. The second-order valence-electron chi connectivity index (χ2n) is 6.07. The smallest absolute Gasteiger partial charge is 0.0511 e. The fourth-order valence-corrected chi connectivity index (χ4v) is 4.24. The van der Waals surface area contributed by atoms with Gasteiger partial charge in [-0.1, -0.05) is 53.2 Å². The van der Waals surface area contributed by atoms with Gasteiger partial charge in [0, 0.05) is 39.5 Å². The van der Waals surface area contributed by atoms with Gasteiger partial charge in [0.05, 0.1) is 5.69 Å². The highest BCUT2D eigenvalue weighted by atomic mass is 35.5. The van der Waals surface area contributed by atoms with Gasteiger partial charge in [0.1, 0.15) is 0 Å². The summed E-state index contributed by atoms with van der Waals surface area (Å²) in [5.74, 6) is 0. The minimum atomic E-state index is 0.663. The van der Waals surface area contributed by atoms with Gasteiger partial charge in [-0.15, -0.1) is 0 Å². The number of hydrogen-bond donors (Lipinski definition) is 0. The first-order chi connectivity index (χ1) is 11.5. The predicted molar refractivity (Wildman–Crippen MR) is 108 cm³/mol. The van der Waals surface area contributed by atoms with Crippen LogP contribution in [0.5, 0.6) is 0 Å². The van der Waals surface area contributed by atoms with Gasteiger partial charge < -0.3 is 9.80 Å². The zero-order chi connectivity index (χ0) is 17.1. The highest BCUT2D eigenvalue weighted by molar-refractivity contribution is 8.03. The average Bonchev–Trinajstić information content (AvgIpc) is 2.55. The molecule has 2 aromatic rings. The molecule has 24 heavy (non-hydrogen) atoms. The van der Waals surface area contributed by atoms with Crippen LogP contribution in [-0.4, -0.2) is 38.6 Å². The highest BCUT2D eigenvalue weighted by Gasteiger charge is 2.20. The van der Waals surface area contributed by atoms with Gasteiger partial charge in [0.25, 0.3) is 0 Å². The Morgan fingerprint density at radius 1 is 1.17 bits per heavy atom. The normalized spacial score (nSPS) is 15.9. The van der Waals surface area contributed by atoms with Crippen LogP contribution in [0.15, 0.2) is 52.3 Å². The van der Waals surface area contributed by atoms with Gasteiger partial charge in [-0.3, -0.25) is 0 Å². The SMILES string of the molecule is CN(C)CCN1CC(=Cc2ccc(Cl)cc2Cl)Sc2ccccc21. The van der Waals surface area contributed by atoms with Crippen molar-refractivity contribution in [3.8, 4) is 0 Å². The lowest BCUT2D eigenvalue weighted by Gasteiger charge is -2.33. The first-order valence-corrected chi connectivity index (χ1v) is 9.42. The predicted octanol–water partition coefficient (Wildman–Crippen LogP) is 5.51. The van der Waals surface area contributed by atoms with Crippen LogP contribution in [0.25, 0.3) is 6.08 Å². The fourth-order valence-electron chi connectivity index (χ4n) is 2.64. The summed E-state index contributed by atoms with van der Waals surface area (Å²) in [4.78, 5) is 7.22. The topological polar surface area (TPSA) is 6.48 Å². The maximum Gasteiger partial charge on any atom is 0.0511 e. The van der Waals surface area contributed by atoms with Crippen LogP contribution in [0.2, 0.25) is 10.0 Å². The molecule has 0 aliphatic carbocycles. The van der Waals surface area contributed by atoms with E-state index >= 15 is 0 Å². The number of anilines is 1. The van der Waals surface area contributed by atoms with Crippen LogP contribution in [0, 0.1) is 0 Å². The molecule has 0 atom stereocenters. The summed E-state index contributed by atoms with van der Waals surface area (Å²) < 4.78 is 0. The number of thioether (sulfide) groups is 1. The zero-order valence-corrected chi connectivity index (χ0v) is 16.1. The van der Waals surface area contributed by atoms with Gasteiger partial charge in [0.2, 0.25) is 0 Å². The molecule has 0 N–H and O–H groups in total. The third kappa shape index (κ3) is 4.28. The van der Waals surface area contributed by atoms with Crippen molar-refractivity contribution in [1.82, 2.24) is 4.90 Å². The van der Waals surface area contributed by atoms with E-state index in [-0.39, 0.29) is 0 Å². The molecule has 1 aliphatic heterocycles. The van der Waals surface area contributed by atoms with Crippen molar-refractivity contribution in [3.63, 3.8) is 0 Å². The lowest BCUT2D eigenvalue weighted by molar-refractivity contribution is 0.414. The quantitative estimate of drug-likeness (QED) is 0.692. The zero-order valence-electron chi connectivity index (χ0n) is 13.8. The van der Waals surface area contributed by atoms with Crippen LogP contribution >= 0.6 is 35.0 Å². The van der Waals surface area contributed by atoms with Crippen LogP contribution in [-0.2, 0) is 0 Å². The summed E-state index contributed by atoms with van der Waals surface area (Å²) in [6, 6.07) is 14.2. The van der Waals surface area contributed by atoms with Gasteiger partial charge in [-0.25, -0.2) is 0 Å². The minimum Gasteiger partial charge on any atom is -0.364 e. The number of fused-ring (bicyclic) bond motifs is 1. The van der Waals surface area contributed by atoms with E-state index in [2.05, 4.69) is 54.2 Å². The van der Waals surface area contributed by atoms with Crippen LogP contribution in [0.4, 0.5) is 5.69 Å². The summed E-state index contributed by atoms with van der Waals surface area (Å²) in [7, 11) is 4.21. The summed E-state index contributed by atoms with van der Waals surface area (Å²) in [5, 5.41) is 1.35. The number of para-hydroxylation sites is 1. The van der Waals surface area contributed by atoms with E-state index in [1.165, 1.54) is 15.5 Å². The second kappa shape index (κ2) is 7.83. The Bertz CT molecular complexity index is 759. The van der Waals surface area contributed by atoms with Crippen molar-refractivity contribution in [3.05, 3.63) is 63.0 Å². The second-order valence-corrected chi connectivity index (χ2v) is 8.08. The molecule has 0 spiro atoms. The van der Waals surface area contributed by atoms with E-state index in [9.17, 15) is 0 Å². The molecule has 0 saturated heterocycles. The third-order valence-corrected chi connectivity index (χ3v) is 5.53. The van der Waals surface area contributed by atoms with E-state index in [0.29, 0.717) is 10.0 Å². The van der Waals surface area contributed by atoms with E-state index < -0.39 is 0 Å². The lowest BCUT2D eigenvalue weighted by Crippen LogP contribution is -2.34. The standard InChI is InChI=1S/C19H20Cl2N2S/c1-22(2)9-10-23-13-16(24-19-6-4-3-5-18(19)23)11-14-7-8-15(20)12-17(14)21/h3-8,11-12H,9-10,13H2,1-2H3. The molecule has 2 nitrogen and oxygen atoms in total. The molecule has 0 amide bonds.